The predicted octanol–water partition coefficient (Wildman–Crippen LogP) is -2.54. The third-order valence-corrected chi connectivity index (χ3v) is 2.10. The van der Waals surface area contributed by atoms with E-state index < -0.39 is 20.8 Å². The molecule has 68 valence electrons. The molecular weight excluding hydrogens is 223 g/mol. The SMILES string of the molecule is O=S(=O)(O)c1cc(O)ccc1O.[H-].[K+]. The zero-order chi connectivity index (χ0) is 9.35. The number of aromatic hydroxyl groups is 2. The zero-order valence-corrected chi connectivity index (χ0v) is 10.7. The summed E-state index contributed by atoms with van der Waals surface area (Å²) in [5.41, 5.74) is 0. The fourth-order valence-electron chi connectivity index (χ4n) is 0.709. The average molecular weight is 230 g/mol. The van der Waals surface area contributed by atoms with Crippen molar-refractivity contribution >= 4 is 10.1 Å². The van der Waals surface area contributed by atoms with E-state index in [1.165, 1.54) is 0 Å². The van der Waals surface area contributed by atoms with E-state index >= 15 is 0 Å². The van der Waals surface area contributed by atoms with Gasteiger partial charge < -0.3 is 11.6 Å². The summed E-state index contributed by atoms with van der Waals surface area (Å²) in [6, 6.07) is 2.83. The van der Waals surface area contributed by atoms with E-state index in [4.69, 9.17) is 14.8 Å². The molecule has 0 aromatic heterocycles. The van der Waals surface area contributed by atoms with Crippen molar-refractivity contribution in [3.63, 3.8) is 0 Å². The maximum Gasteiger partial charge on any atom is 1.00 e. The monoisotopic (exact) mass is 230 g/mol. The van der Waals surface area contributed by atoms with Crippen molar-refractivity contribution in [2.75, 3.05) is 0 Å². The Morgan fingerprint density at radius 2 is 1.77 bits per heavy atom. The molecule has 0 saturated heterocycles. The topological polar surface area (TPSA) is 94.8 Å². The quantitative estimate of drug-likeness (QED) is 0.281. The van der Waals surface area contributed by atoms with E-state index in [0.29, 0.717) is 0 Å². The first-order chi connectivity index (χ1) is 5.41. The summed E-state index contributed by atoms with van der Waals surface area (Å²) in [6.07, 6.45) is 0. The van der Waals surface area contributed by atoms with Crippen molar-refractivity contribution in [3.05, 3.63) is 18.2 Å². The molecule has 0 bridgehead atoms. The maximum atomic E-state index is 10.5. The molecule has 1 aromatic carbocycles. The van der Waals surface area contributed by atoms with Crippen LogP contribution in [0.1, 0.15) is 1.43 Å². The average Bonchev–Trinajstić information content (AvgIpc) is 1.92. The van der Waals surface area contributed by atoms with E-state index in [1.54, 1.807) is 0 Å². The molecule has 0 aliphatic rings. The summed E-state index contributed by atoms with van der Waals surface area (Å²) >= 11 is 0. The fraction of sp³-hybridized carbons (Fsp3) is 0. The van der Waals surface area contributed by atoms with Crippen LogP contribution >= 0.6 is 0 Å². The Labute approximate surface area is 119 Å². The van der Waals surface area contributed by atoms with Gasteiger partial charge in [-0.15, -0.1) is 0 Å². The second-order valence-electron chi connectivity index (χ2n) is 2.13. The number of hydrogen-bond acceptors (Lipinski definition) is 4. The van der Waals surface area contributed by atoms with Crippen LogP contribution in [0.2, 0.25) is 0 Å². The van der Waals surface area contributed by atoms with Crippen LogP contribution < -0.4 is 51.4 Å². The van der Waals surface area contributed by atoms with Crippen molar-refractivity contribution in [1.29, 1.82) is 0 Å². The molecule has 0 radical (unpaired) electrons. The number of phenolic OH excluding ortho intramolecular Hbond substituents is 2. The van der Waals surface area contributed by atoms with Gasteiger partial charge in [0.25, 0.3) is 10.1 Å². The molecule has 1 rings (SSSR count). The van der Waals surface area contributed by atoms with E-state index in [-0.39, 0.29) is 58.6 Å². The zero-order valence-electron chi connectivity index (χ0n) is 7.80. The van der Waals surface area contributed by atoms with E-state index in [1.807, 2.05) is 0 Å². The molecule has 5 nitrogen and oxygen atoms in total. The van der Waals surface area contributed by atoms with Gasteiger partial charge >= 0.3 is 51.4 Å². The molecule has 0 aliphatic heterocycles. The Hall–Kier alpha value is 0.366. The molecular formula is C6H7KO5S. The predicted molar refractivity (Wildman–Crippen MR) is 40.7 cm³/mol. The Kier molecular flexibility index (Phi) is 4.87. The van der Waals surface area contributed by atoms with Crippen LogP contribution in [0.25, 0.3) is 0 Å². The van der Waals surface area contributed by atoms with Crippen LogP contribution in [-0.4, -0.2) is 23.2 Å². The Bertz CT molecular complexity index is 405. The molecule has 0 amide bonds. The second-order valence-corrected chi connectivity index (χ2v) is 3.52. The molecule has 3 N–H and O–H groups in total. The largest absolute Gasteiger partial charge is 1.00 e. The van der Waals surface area contributed by atoms with Crippen LogP contribution in [-0.2, 0) is 10.1 Å². The van der Waals surface area contributed by atoms with Crippen LogP contribution in [0.4, 0.5) is 0 Å². The standard InChI is InChI=1S/C6H6O5S.K.H/c7-4-1-2-5(8)6(3-4)12(9,10)11;;/h1-3,7-8H,(H,9,10,11);;/q;+1;-1. The third-order valence-electron chi connectivity index (χ3n) is 1.22. The van der Waals surface area contributed by atoms with Crippen molar-refractivity contribution in [2.45, 2.75) is 4.90 Å². The fourth-order valence-corrected chi connectivity index (χ4v) is 1.31. The molecule has 1 aromatic rings. The van der Waals surface area contributed by atoms with Crippen LogP contribution in [0.5, 0.6) is 11.5 Å². The summed E-state index contributed by atoms with van der Waals surface area (Å²) in [7, 11) is -4.47. The van der Waals surface area contributed by atoms with Gasteiger partial charge in [-0.2, -0.15) is 8.42 Å². The number of benzene rings is 1. The van der Waals surface area contributed by atoms with E-state index in [2.05, 4.69) is 0 Å². The van der Waals surface area contributed by atoms with Crippen LogP contribution in [0.3, 0.4) is 0 Å². The third kappa shape index (κ3) is 3.54. The van der Waals surface area contributed by atoms with Gasteiger partial charge in [0.2, 0.25) is 0 Å². The number of phenols is 2. The minimum Gasteiger partial charge on any atom is -1.00 e. The van der Waals surface area contributed by atoms with Crippen molar-refractivity contribution in [2.24, 2.45) is 0 Å². The normalized spacial score (nSPS) is 10.5. The molecule has 0 unspecified atom stereocenters. The van der Waals surface area contributed by atoms with E-state index in [0.717, 1.165) is 18.2 Å². The molecule has 0 aliphatic carbocycles. The van der Waals surface area contributed by atoms with Crippen molar-refractivity contribution in [3.8, 4) is 11.5 Å². The minimum absolute atomic E-state index is 0. The van der Waals surface area contributed by atoms with Gasteiger partial charge in [-0.3, -0.25) is 4.55 Å². The van der Waals surface area contributed by atoms with E-state index in [9.17, 15) is 8.42 Å². The second kappa shape index (κ2) is 4.74. The number of hydrogen-bond donors (Lipinski definition) is 3. The smallest absolute Gasteiger partial charge is 1.00 e. The molecule has 0 fully saturated rings. The first-order valence-corrected chi connectivity index (χ1v) is 4.35. The summed E-state index contributed by atoms with van der Waals surface area (Å²) < 4.78 is 29.5. The van der Waals surface area contributed by atoms with Gasteiger partial charge in [0.05, 0.1) is 0 Å². The van der Waals surface area contributed by atoms with Gasteiger partial charge in [0, 0.05) is 6.07 Å². The Morgan fingerprint density at radius 1 is 1.23 bits per heavy atom. The van der Waals surface area contributed by atoms with Gasteiger partial charge in [0.1, 0.15) is 16.4 Å². The Morgan fingerprint density at radius 3 is 2.15 bits per heavy atom. The molecule has 7 heteroatoms. The minimum atomic E-state index is -4.47. The first-order valence-electron chi connectivity index (χ1n) is 2.91. The van der Waals surface area contributed by atoms with Crippen LogP contribution in [0, 0.1) is 0 Å². The van der Waals surface area contributed by atoms with Crippen molar-refractivity contribution in [1.82, 2.24) is 0 Å². The molecule has 0 spiro atoms. The molecule has 0 atom stereocenters. The Balaban J connectivity index is 0. The number of rotatable bonds is 1. The summed E-state index contributed by atoms with van der Waals surface area (Å²) in [4.78, 5) is -0.706. The molecule has 13 heavy (non-hydrogen) atoms. The molecule has 0 saturated carbocycles. The van der Waals surface area contributed by atoms with Crippen LogP contribution in [0.15, 0.2) is 23.1 Å². The first kappa shape index (κ1) is 13.4. The van der Waals surface area contributed by atoms with Gasteiger partial charge in [-0.25, -0.2) is 0 Å². The summed E-state index contributed by atoms with van der Waals surface area (Å²) in [5.74, 6) is -0.948. The summed E-state index contributed by atoms with van der Waals surface area (Å²) in [6.45, 7) is 0. The summed E-state index contributed by atoms with van der Waals surface area (Å²) in [5, 5.41) is 17.7. The maximum absolute atomic E-state index is 10.5. The van der Waals surface area contributed by atoms with Gasteiger partial charge in [-0.1, -0.05) is 0 Å². The molecule has 0 heterocycles. The van der Waals surface area contributed by atoms with Crippen molar-refractivity contribution < 1.29 is 76.0 Å². The van der Waals surface area contributed by atoms with Gasteiger partial charge in [-0.05, 0) is 12.1 Å². The van der Waals surface area contributed by atoms with Gasteiger partial charge in [0.15, 0.2) is 0 Å².